The fourth-order valence-electron chi connectivity index (χ4n) is 2.53. The third-order valence-corrected chi connectivity index (χ3v) is 3.61. The Bertz CT molecular complexity index is 426. The highest BCUT2D eigenvalue weighted by Crippen LogP contribution is 2.64. The second-order valence-electron chi connectivity index (χ2n) is 4.55. The first kappa shape index (κ1) is 11.8. The van der Waals surface area contributed by atoms with Crippen LogP contribution < -0.4 is 0 Å². The smallest absolute Gasteiger partial charge is 0.313 e. The van der Waals surface area contributed by atoms with Crippen molar-refractivity contribution in [2.75, 3.05) is 6.61 Å². The largest absolute Gasteiger partial charge is 0.466 e. The van der Waals surface area contributed by atoms with Gasteiger partial charge in [0.15, 0.2) is 0 Å². The van der Waals surface area contributed by atoms with Crippen LogP contribution in [0.5, 0.6) is 0 Å². The van der Waals surface area contributed by atoms with Gasteiger partial charge in [0.25, 0.3) is 0 Å². The van der Waals surface area contributed by atoms with Gasteiger partial charge < -0.3 is 9.53 Å². The van der Waals surface area contributed by atoms with Gasteiger partial charge in [-0.3, -0.25) is 4.79 Å². The molecule has 2 rings (SSSR count). The van der Waals surface area contributed by atoms with E-state index in [1.54, 1.807) is 6.92 Å². The Morgan fingerprint density at radius 3 is 2.59 bits per heavy atom. The highest BCUT2D eigenvalue weighted by atomic mass is 16.5. The summed E-state index contributed by atoms with van der Waals surface area (Å²) in [7, 11) is 0. The normalized spacial score (nSPS) is 30.7. The molecule has 1 aromatic rings. The molecular weight excluding hydrogens is 216 g/mol. The van der Waals surface area contributed by atoms with Crippen molar-refractivity contribution >= 4 is 12.3 Å². The molecule has 0 aliphatic heterocycles. The summed E-state index contributed by atoms with van der Waals surface area (Å²) in [4.78, 5) is 23.0. The van der Waals surface area contributed by atoms with E-state index in [1.807, 2.05) is 37.3 Å². The molecule has 1 aliphatic carbocycles. The van der Waals surface area contributed by atoms with Crippen molar-refractivity contribution in [3.63, 3.8) is 0 Å². The summed E-state index contributed by atoms with van der Waals surface area (Å²) in [5.74, 6) is -0.574. The standard InChI is InChI=1S/C14H16O3/c1-3-17-13(16)14(2)11(9-15)12(14)10-7-5-4-6-8-10/h4-9,11-12H,3H2,1-2H3/t11-,12-,14-/m1/s1. The zero-order valence-electron chi connectivity index (χ0n) is 10.1. The van der Waals surface area contributed by atoms with E-state index in [-0.39, 0.29) is 17.8 Å². The molecule has 1 fully saturated rings. The molecule has 0 amide bonds. The maximum absolute atomic E-state index is 11.9. The Morgan fingerprint density at radius 2 is 2.06 bits per heavy atom. The predicted octanol–water partition coefficient (Wildman–Crippen LogP) is 2.17. The minimum absolute atomic E-state index is 0.0414. The molecule has 90 valence electrons. The summed E-state index contributed by atoms with van der Waals surface area (Å²) >= 11 is 0. The lowest BCUT2D eigenvalue weighted by atomic mass is 10.0. The first-order valence-electron chi connectivity index (χ1n) is 5.83. The van der Waals surface area contributed by atoms with Gasteiger partial charge in [-0.2, -0.15) is 0 Å². The number of carbonyl (C=O) groups is 2. The van der Waals surface area contributed by atoms with Crippen molar-refractivity contribution < 1.29 is 14.3 Å². The summed E-state index contributed by atoms with van der Waals surface area (Å²) in [5, 5.41) is 0. The molecule has 1 aliphatic rings. The van der Waals surface area contributed by atoms with Crippen LogP contribution in [-0.4, -0.2) is 18.9 Å². The third-order valence-electron chi connectivity index (χ3n) is 3.61. The molecule has 3 atom stereocenters. The Balaban J connectivity index is 2.26. The van der Waals surface area contributed by atoms with Crippen molar-refractivity contribution in [3.05, 3.63) is 35.9 Å². The van der Waals surface area contributed by atoms with Gasteiger partial charge in [0.1, 0.15) is 6.29 Å². The molecule has 0 bridgehead atoms. The first-order chi connectivity index (χ1) is 8.16. The van der Waals surface area contributed by atoms with Crippen molar-refractivity contribution in [2.45, 2.75) is 19.8 Å². The van der Waals surface area contributed by atoms with Crippen molar-refractivity contribution in [1.29, 1.82) is 0 Å². The van der Waals surface area contributed by atoms with Gasteiger partial charge in [-0.15, -0.1) is 0 Å². The molecule has 1 aromatic carbocycles. The second kappa shape index (κ2) is 4.32. The van der Waals surface area contributed by atoms with Crippen LogP contribution in [0.4, 0.5) is 0 Å². The quantitative estimate of drug-likeness (QED) is 0.590. The van der Waals surface area contributed by atoms with E-state index < -0.39 is 5.41 Å². The van der Waals surface area contributed by atoms with Crippen LogP contribution >= 0.6 is 0 Å². The summed E-state index contributed by atoms with van der Waals surface area (Å²) in [6.45, 7) is 3.93. The lowest BCUT2D eigenvalue weighted by Gasteiger charge is -2.09. The van der Waals surface area contributed by atoms with E-state index in [0.717, 1.165) is 11.8 Å². The Morgan fingerprint density at radius 1 is 1.41 bits per heavy atom. The molecule has 0 radical (unpaired) electrons. The number of benzene rings is 1. The fraction of sp³-hybridized carbons (Fsp3) is 0.429. The predicted molar refractivity (Wildman–Crippen MR) is 63.5 cm³/mol. The summed E-state index contributed by atoms with van der Waals surface area (Å²) in [5.41, 5.74) is 0.346. The Kier molecular flexibility index (Phi) is 3.01. The number of hydrogen-bond donors (Lipinski definition) is 0. The van der Waals surface area contributed by atoms with Crippen LogP contribution in [0.2, 0.25) is 0 Å². The first-order valence-corrected chi connectivity index (χ1v) is 5.83. The van der Waals surface area contributed by atoms with E-state index in [9.17, 15) is 9.59 Å². The van der Waals surface area contributed by atoms with Crippen LogP contribution in [0.25, 0.3) is 0 Å². The summed E-state index contributed by atoms with van der Waals surface area (Å²) in [6, 6.07) is 9.66. The average molecular weight is 232 g/mol. The van der Waals surface area contributed by atoms with Crippen molar-refractivity contribution in [3.8, 4) is 0 Å². The van der Waals surface area contributed by atoms with Crippen LogP contribution in [0.3, 0.4) is 0 Å². The number of ether oxygens (including phenoxy) is 1. The Hall–Kier alpha value is -1.64. The molecule has 0 unspecified atom stereocenters. The van der Waals surface area contributed by atoms with Gasteiger partial charge in [0, 0.05) is 11.8 Å². The zero-order chi connectivity index (χ0) is 12.5. The Labute approximate surface area is 101 Å². The number of carbonyl (C=O) groups excluding carboxylic acids is 2. The van der Waals surface area contributed by atoms with Crippen LogP contribution in [0.15, 0.2) is 30.3 Å². The molecular formula is C14H16O3. The van der Waals surface area contributed by atoms with Gasteiger partial charge in [0.05, 0.1) is 12.0 Å². The SMILES string of the molecule is CCOC(=O)[C@]1(C)[C@H](C=O)[C@H]1c1ccccc1. The molecule has 0 N–H and O–H groups in total. The fourth-order valence-corrected chi connectivity index (χ4v) is 2.53. The lowest BCUT2D eigenvalue weighted by molar-refractivity contribution is -0.150. The zero-order valence-corrected chi connectivity index (χ0v) is 10.1. The monoisotopic (exact) mass is 232 g/mol. The minimum Gasteiger partial charge on any atom is -0.466 e. The molecule has 3 heteroatoms. The van der Waals surface area contributed by atoms with Crippen LogP contribution in [-0.2, 0) is 14.3 Å². The molecule has 1 saturated carbocycles. The second-order valence-corrected chi connectivity index (χ2v) is 4.55. The van der Waals surface area contributed by atoms with Crippen molar-refractivity contribution in [1.82, 2.24) is 0 Å². The molecule has 0 saturated heterocycles. The number of esters is 1. The summed E-state index contributed by atoms with van der Waals surface area (Å²) in [6.07, 6.45) is 0.870. The molecule has 0 spiro atoms. The van der Waals surface area contributed by atoms with Gasteiger partial charge in [-0.25, -0.2) is 0 Å². The van der Waals surface area contributed by atoms with Gasteiger partial charge >= 0.3 is 5.97 Å². The highest BCUT2D eigenvalue weighted by Gasteiger charge is 2.67. The third kappa shape index (κ3) is 1.75. The van der Waals surface area contributed by atoms with E-state index in [4.69, 9.17) is 4.74 Å². The number of rotatable bonds is 4. The van der Waals surface area contributed by atoms with Gasteiger partial charge in [0.2, 0.25) is 0 Å². The topological polar surface area (TPSA) is 43.4 Å². The van der Waals surface area contributed by atoms with Crippen LogP contribution in [0.1, 0.15) is 25.3 Å². The van der Waals surface area contributed by atoms with Gasteiger partial charge in [-0.05, 0) is 19.4 Å². The summed E-state index contributed by atoms with van der Waals surface area (Å²) < 4.78 is 5.05. The van der Waals surface area contributed by atoms with Gasteiger partial charge in [-0.1, -0.05) is 30.3 Å². The maximum atomic E-state index is 11.9. The molecule has 0 aromatic heterocycles. The lowest BCUT2D eigenvalue weighted by Crippen LogP contribution is -2.19. The minimum atomic E-state index is -0.681. The average Bonchev–Trinajstić information content (AvgIpc) is 2.97. The van der Waals surface area contributed by atoms with E-state index in [1.165, 1.54) is 0 Å². The highest BCUT2D eigenvalue weighted by molar-refractivity contribution is 5.89. The van der Waals surface area contributed by atoms with Crippen molar-refractivity contribution in [2.24, 2.45) is 11.3 Å². The molecule has 17 heavy (non-hydrogen) atoms. The van der Waals surface area contributed by atoms with E-state index in [2.05, 4.69) is 0 Å². The molecule has 3 nitrogen and oxygen atoms in total. The number of hydrogen-bond acceptors (Lipinski definition) is 3. The maximum Gasteiger partial charge on any atom is 0.313 e. The molecule has 0 heterocycles. The van der Waals surface area contributed by atoms with Crippen LogP contribution in [0, 0.1) is 11.3 Å². The number of aldehydes is 1. The van der Waals surface area contributed by atoms with E-state index >= 15 is 0 Å². The van der Waals surface area contributed by atoms with E-state index in [0.29, 0.717) is 6.61 Å².